The molecule has 0 spiro atoms. The molecule has 0 bridgehead atoms. The van der Waals surface area contributed by atoms with E-state index in [0.29, 0.717) is 24.4 Å². The van der Waals surface area contributed by atoms with Gasteiger partial charge in [0.05, 0.1) is 18.7 Å². The summed E-state index contributed by atoms with van der Waals surface area (Å²) in [6.07, 6.45) is 3.99. The molecule has 8 nitrogen and oxygen atoms in total. The molecule has 0 radical (unpaired) electrons. The molecule has 1 saturated heterocycles. The summed E-state index contributed by atoms with van der Waals surface area (Å²) in [4.78, 5) is 32.6. The molecule has 8 heteroatoms. The summed E-state index contributed by atoms with van der Waals surface area (Å²) in [5.41, 5.74) is 1.84. The monoisotopic (exact) mass is 391 g/mol. The largest absolute Gasteiger partial charge is 0.419 e. The van der Waals surface area contributed by atoms with Crippen LogP contribution in [0, 0.1) is 0 Å². The lowest BCUT2D eigenvalue weighted by Gasteiger charge is -2.38. The third-order valence-corrected chi connectivity index (χ3v) is 4.98. The molecule has 3 aromatic rings. The fourth-order valence-corrected chi connectivity index (χ4v) is 3.34. The third-order valence-electron chi connectivity index (χ3n) is 4.98. The van der Waals surface area contributed by atoms with Crippen molar-refractivity contribution in [2.45, 2.75) is 25.9 Å². The summed E-state index contributed by atoms with van der Waals surface area (Å²) in [6, 6.07) is 12.9. The van der Waals surface area contributed by atoms with Gasteiger partial charge in [-0.3, -0.25) is 14.6 Å². The second kappa shape index (κ2) is 8.22. The second-order valence-corrected chi connectivity index (χ2v) is 6.94. The second-order valence-electron chi connectivity index (χ2n) is 6.94. The molecule has 148 valence electrons. The first-order valence-electron chi connectivity index (χ1n) is 9.47. The van der Waals surface area contributed by atoms with E-state index < -0.39 is 6.04 Å². The number of benzene rings is 1. The van der Waals surface area contributed by atoms with Crippen molar-refractivity contribution >= 4 is 11.8 Å². The van der Waals surface area contributed by atoms with Gasteiger partial charge in [-0.2, -0.15) is 0 Å². The molecule has 1 aromatic carbocycles. The molecule has 0 saturated carbocycles. The van der Waals surface area contributed by atoms with Crippen molar-refractivity contribution in [2.24, 2.45) is 0 Å². The van der Waals surface area contributed by atoms with E-state index in [1.807, 2.05) is 36.4 Å². The quantitative estimate of drug-likeness (QED) is 0.638. The maximum absolute atomic E-state index is 12.8. The first kappa shape index (κ1) is 18.8. The molecule has 4 rings (SSSR count). The lowest BCUT2D eigenvalue weighted by molar-refractivity contribution is -0.156. The summed E-state index contributed by atoms with van der Waals surface area (Å²) in [5, 5.41) is 8.02. The molecule has 2 aromatic heterocycles. The Morgan fingerprint density at radius 1 is 1.10 bits per heavy atom. The van der Waals surface area contributed by atoms with Crippen LogP contribution in [0.1, 0.15) is 18.4 Å². The smallest absolute Gasteiger partial charge is 0.249 e. The van der Waals surface area contributed by atoms with Crippen LogP contribution in [0.5, 0.6) is 0 Å². The molecule has 2 amide bonds. The fourth-order valence-electron chi connectivity index (χ4n) is 3.34. The van der Waals surface area contributed by atoms with Crippen molar-refractivity contribution in [3.8, 4) is 11.5 Å². The number of nitrogens with zero attached hydrogens (tertiary/aromatic N) is 5. The number of carbonyl (C=O) groups is 2. The maximum Gasteiger partial charge on any atom is 0.249 e. The Labute approximate surface area is 168 Å². The van der Waals surface area contributed by atoms with Gasteiger partial charge in [0.25, 0.3) is 0 Å². The predicted octanol–water partition coefficient (Wildman–Crippen LogP) is 1.93. The number of piperazine rings is 1. The van der Waals surface area contributed by atoms with Gasteiger partial charge in [-0.05, 0) is 31.0 Å². The van der Waals surface area contributed by atoms with Crippen molar-refractivity contribution in [3.05, 3.63) is 66.3 Å². The van der Waals surface area contributed by atoms with Gasteiger partial charge >= 0.3 is 0 Å². The van der Waals surface area contributed by atoms with Gasteiger partial charge in [0.2, 0.25) is 23.6 Å². The normalized spacial score (nSPS) is 17.1. The number of aromatic nitrogens is 3. The highest BCUT2D eigenvalue weighted by Gasteiger charge is 2.37. The van der Waals surface area contributed by atoms with E-state index in [0.717, 1.165) is 5.56 Å². The fraction of sp³-hybridized carbons (Fsp3) is 0.286. The van der Waals surface area contributed by atoms with E-state index in [9.17, 15) is 9.59 Å². The predicted molar refractivity (Wildman–Crippen MR) is 104 cm³/mol. The van der Waals surface area contributed by atoms with Crippen molar-refractivity contribution in [2.75, 3.05) is 13.1 Å². The van der Waals surface area contributed by atoms with Crippen LogP contribution >= 0.6 is 0 Å². The van der Waals surface area contributed by atoms with Crippen LogP contribution in [0.25, 0.3) is 11.5 Å². The van der Waals surface area contributed by atoms with Crippen LogP contribution < -0.4 is 0 Å². The van der Waals surface area contributed by atoms with Crippen LogP contribution in [0.2, 0.25) is 0 Å². The van der Waals surface area contributed by atoms with E-state index >= 15 is 0 Å². The van der Waals surface area contributed by atoms with Crippen LogP contribution in [-0.4, -0.2) is 55.9 Å². The summed E-state index contributed by atoms with van der Waals surface area (Å²) >= 11 is 0. The number of carbonyl (C=O) groups excluding carboxylic acids is 2. The number of amides is 2. The molecule has 29 heavy (non-hydrogen) atoms. The zero-order valence-corrected chi connectivity index (χ0v) is 16.1. The van der Waals surface area contributed by atoms with E-state index in [-0.39, 0.29) is 30.8 Å². The highest BCUT2D eigenvalue weighted by atomic mass is 16.4. The molecule has 0 unspecified atom stereocenters. The average Bonchev–Trinajstić information content (AvgIpc) is 3.23. The molecule has 0 aliphatic carbocycles. The van der Waals surface area contributed by atoms with Crippen molar-refractivity contribution in [1.82, 2.24) is 25.0 Å². The van der Waals surface area contributed by atoms with Gasteiger partial charge in [-0.25, -0.2) is 0 Å². The zero-order valence-electron chi connectivity index (χ0n) is 16.1. The van der Waals surface area contributed by atoms with E-state index in [4.69, 9.17) is 4.42 Å². The highest BCUT2D eigenvalue weighted by Crippen LogP contribution is 2.20. The molecular formula is C21H21N5O3. The zero-order chi connectivity index (χ0) is 20.2. The Morgan fingerprint density at radius 2 is 1.93 bits per heavy atom. The Balaban J connectivity index is 1.40. The van der Waals surface area contributed by atoms with Crippen LogP contribution in [-0.2, 0) is 22.6 Å². The summed E-state index contributed by atoms with van der Waals surface area (Å²) in [7, 11) is 0. The minimum Gasteiger partial charge on any atom is -0.419 e. The first-order valence-corrected chi connectivity index (χ1v) is 9.47. The highest BCUT2D eigenvalue weighted by molar-refractivity contribution is 5.94. The minimum atomic E-state index is -0.583. The molecule has 0 N–H and O–H groups in total. The third kappa shape index (κ3) is 4.16. The summed E-state index contributed by atoms with van der Waals surface area (Å²) < 4.78 is 5.66. The Bertz CT molecular complexity index is 990. The van der Waals surface area contributed by atoms with Gasteiger partial charge in [-0.15, -0.1) is 10.2 Å². The first-order chi connectivity index (χ1) is 14.1. The lowest BCUT2D eigenvalue weighted by Crippen LogP contribution is -2.58. The average molecular weight is 391 g/mol. The van der Waals surface area contributed by atoms with Crippen molar-refractivity contribution < 1.29 is 14.0 Å². The van der Waals surface area contributed by atoms with E-state index in [1.165, 1.54) is 4.90 Å². The number of hydrogen-bond donors (Lipinski definition) is 0. The van der Waals surface area contributed by atoms with Gasteiger partial charge in [0, 0.05) is 18.9 Å². The topological polar surface area (TPSA) is 92.4 Å². The van der Waals surface area contributed by atoms with Crippen LogP contribution in [0.3, 0.4) is 0 Å². The van der Waals surface area contributed by atoms with Gasteiger partial charge in [-0.1, -0.05) is 30.3 Å². The molecule has 1 fully saturated rings. The Hall–Kier alpha value is -3.55. The molecular weight excluding hydrogens is 370 g/mol. The summed E-state index contributed by atoms with van der Waals surface area (Å²) in [6.45, 7) is 2.40. The molecule has 1 aliphatic heterocycles. The summed E-state index contributed by atoms with van der Waals surface area (Å²) in [5.74, 6) is 0.412. The van der Waals surface area contributed by atoms with Crippen LogP contribution in [0.15, 0.2) is 59.3 Å². The molecule has 1 aliphatic rings. The van der Waals surface area contributed by atoms with Crippen molar-refractivity contribution in [1.29, 1.82) is 0 Å². The standard InChI is InChI=1S/C21H21N5O3/c1-15-21(28)25(11-9-16-6-3-2-4-7-16)14-19(27)26(15)13-18-23-24-20(29-18)17-8-5-10-22-12-17/h2-8,10,12,15H,9,11,13-14H2,1H3/t15-/m0/s1. The van der Waals surface area contributed by atoms with E-state index in [2.05, 4.69) is 15.2 Å². The minimum absolute atomic E-state index is 0.0552. The SMILES string of the molecule is C[C@H]1C(=O)N(CCc2ccccc2)CC(=O)N1Cc1nnc(-c2cccnc2)o1. The van der Waals surface area contributed by atoms with E-state index in [1.54, 1.807) is 30.3 Å². The number of hydrogen-bond acceptors (Lipinski definition) is 6. The Kier molecular flexibility index (Phi) is 5.33. The lowest BCUT2D eigenvalue weighted by atomic mass is 10.1. The Morgan fingerprint density at radius 3 is 2.69 bits per heavy atom. The van der Waals surface area contributed by atoms with Crippen LogP contribution in [0.4, 0.5) is 0 Å². The van der Waals surface area contributed by atoms with Gasteiger partial charge in [0.15, 0.2) is 0 Å². The number of rotatable bonds is 6. The molecule has 1 atom stereocenters. The van der Waals surface area contributed by atoms with Gasteiger partial charge in [0.1, 0.15) is 6.04 Å². The number of pyridine rings is 1. The molecule has 3 heterocycles. The van der Waals surface area contributed by atoms with Crippen molar-refractivity contribution in [3.63, 3.8) is 0 Å². The maximum atomic E-state index is 12.8. The van der Waals surface area contributed by atoms with Gasteiger partial charge < -0.3 is 14.2 Å².